The van der Waals surface area contributed by atoms with E-state index >= 15 is 0 Å². The van der Waals surface area contributed by atoms with Gasteiger partial charge in [-0.3, -0.25) is 0 Å². The lowest BCUT2D eigenvalue weighted by Crippen LogP contribution is -2.40. The molecule has 0 bridgehead atoms. The van der Waals surface area contributed by atoms with E-state index in [1.165, 1.54) is 83.1 Å². The third-order valence-electron chi connectivity index (χ3n) is 19.1. The van der Waals surface area contributed by atoms with Gasteiger partial charge in [-0.05, 0) is 181 Å². The Morgan fingerprint density at radius 2 is 0.960 bits per heavy atom. The largest absolute Gasteiger partial charge is 0.392 e. The zero-order valence-electron chi connectivity index (χ0n) is 40.5. The summed E-state index contributed by atoms with van der Waals surface area (Å²) in [5.41, 5.74) is 21.3. The number of fused-ring (bicyclic) bond motifs is 22. The van der Waals surface area contributed by atoms with Crippen molar-refractivity contribution >= 4 is 78.1 Å². The van der Waals surface area contributed by atoms with Crippen molar-refractivity contribution in [2.45, 2.75) is 41.5 Å². The zero-order valence-corrected chi connectivity index (χ0v) is 44.9. The van der Waals surface area contributed by atoms with E-state index < -0.39 is 41.0 Å². The van der Waals surface area contributed by atoms with Gasteiger partial charge in [-0.2, -0.15) is 0 Å². The van der Waals surface area contributed by atoms with E-state index in [1.54, 1.807) is 0 Å². The van der Waals surface area contributed by atoms with Crippen molar-refractivity contribution in [1.82, 2.24) is 0 Å². The van der Waals surface area contributed by atoms with E-state index in [1.807, 2.05) is 0 Å². The fourth-order valence-corrected chi connectivity index (χ4v) is 17.1. The monoisotopic (exact) mass is 1190 g/mol. The van der Waals surface area contributed by atoms with Crippen molar-refractivity contribution in [2.75, 3.05) is 10.6 Å². The smallest absolute Gasteiger partial charge is 0.0894 e. The van der Waals surface area contributed by atoms with Gasteiger partial charge in [0.1, 0.15) is 0 Å². The average molecular weight is 1190 g/mol. The molecule has 9 aromatic rings. The number of halogens is 2. The second kappa shape index (κ2) is 14.9. The van der Waals surface area contributed by atoms with Crippen LogP contribution in [-0.2, 0) is 16.2 Å². The number of nitrogens with one attached hydrogen (secondary N) is 2. The van der Waals surface area contributed by atoms with Gasteiger partial charge in [0.2, 0.25) is 0 Å². The lowest BCUT2D eigenvalue weighted by Gasteiger charge is -2.40. The molecule has 2 heterocycles. The van der Waals surface area contributed by atoms with Gasteiger partial charge in [0, 0.05) is 52.5 Å². The third-order valence-corrected chi connectivity index (χ3v) is 20.5. The van der Waals surface area contributed by atoms with E-state index in [0.717, 1.165) is 57.4 Å². The minimum absolute atomic E-state index is 0.0448. The van der Waals surface area contributed by atoms with Crippen molar-refractivity contribution in [1.29, 1.82) is 0 Å². The molecular weight excluding hydrogens is 1150 g/mol. The molecular formula is C68H46I2N2O3. The number of rotatable bonds is 2. The molecule has 6 aliphatic carbocycles. The summed E-state index contributed by atoms with van der Waals surface area (Å²) in [6, 6.07) is 58.0. The van der Waals surface area contributed by atoms with Gasteiger partial charge in [0.15, 0.2) is 0 Å². The lowest BCUT2D eigenvalue weighted by molar-refractivity contribution is 0.0180. The molecule has 9 aromatic carbocycles. The van der Waals surface area contributed by atoms with Crippen molar-refractivity contribution in [3.63, 3.8) is 0 Å². The summed E-state index contributed by atoms with van der Waals surface area (Å²) in [6.07, 6.45) is 9.64. The fourth-order valence-electron chi connectivity index (χ4n) is 16.1. The minimum Gasteiger partial charge on any atom is -0.392 e. The Morgan fingerprint density at radius 3 is 1.63 bits per heavy atom. The van der Waals surface area contributed by atoms with Crippen LogP contribution in [0.25, 0.3) is 77.2 Å². The molecule has 0 saturated heterocycles. The van der Waals surface area contributed by atoms with Crippen LogP contribution in [0.15, 0.2) is 206 Å². The van der Waals surface area contributed by atoms with Crippen LogP contribution in [0, 0.1) is 24.9 Å². The Morgan fingerprint density at radius 1 is 0.440 bits per heavy atom. The molecule has 5 nitrogen and oxygen atoms in total. The first-order valence-electron chi connectivity index (χ1n) is 26.1. The zero-order chi connectivity index (χ0) is 50.0. The number of allylic oxidation sites excluding steroid dienone is 6. The van der Waals surface area contributed by atoms with Crippen LogP contribution in [0.4, 0.5) is 11.4 Å². The summed E-state index contributed by atoms with van der Waals surface area (Å²) in [5.74, 6) is -1.70. The number of hydrogen-bond acceptors (Lipinski definition) is 5. The molecule has 9 unspecified atom stereocenters. The first-order chi connectivity index (χ1) is 36.6. The van der Waals surface area contributed by atoms with Crippen molar-refractivity contribution in [2.24, 2.45) is 17.8 Å². The molecule has 8 aliphatic rings. The van der Waals surface area contributed by atoms with Crippen LogP contribution >= 0.6 is 45.2 Å². The molecule has 0 radical (unpaired) electrons. The van der Waals surface area contributed by atoms with E-state index in [2.05, 4.69) is 257 Å². The summed E-state index contributed by atoms with van der Waals surface area (Å²) < 4.78 is 2.27. The predicted molar refractivity (Wildman–Crippen MR) is 319 cm³/mol. The highest BCUT2D eigenvalue weighted by Gasteiger charge is 2.63. The standard InChI is InChI=1S/C68H46I2N2O3/c1-66-27-9-8-22-56(66)68(53-29-35(70)24-26-51(53)66)55-31-47-39-15-5-3-13-37(39)43-18-11-20-45(60(43)47)62(55)72-58(68)33-49-63(73)48(64(74)65(49)75)32-57-67(50-21-7-6-16-40(50)41-25-23-34(69)28-52(41)67)54-30-46-38-14-4-2-12-36(38)42-17-10-19-44(59(42)46)61(54)71-57/h2-33,48-49,56,63-65,71-75H,1H3/b57-32-,58-33-. The molecule has 2 spiro atoms. The van der Waals surface area contributed by atoms with Gasteiger partial charge in [-0.25, -0.2) is 0 Å². The van der Waals surface area contributed by atoms with E-state index in [4.69, 9.17) is 0 Å². The van der Waals surface area contributed by atoms with Crippen molar-refractivity contribution in [3.8, 4) is 55.6 Å². The van der Waals surface area contributed by atoms with Gasteiger partial charge >= 0.3 is 0 Å². The van der Waals surface area contributed by atoms with Gasteiger partial charge in [0.25, 0.3) is 0 Å². The highest BCUT2D eigenvalue weighted by Crippen LogP contribution is 2.69. The lowest BCUT2D eigenvalue weighted by atomic mass is 9.61. The Hall–Kier alpha value is -6.60. The van der Waals surface area contributed by atoms with Crippen LogP contribution in [0.3, 0.4) is 0 Å². The Bertz CT molecular complexity index is 4300. The molecule has 1 fully saturated rings. The Labute approximate surface area is 461 Å². The number of aliphatic hydroxyl groups excluding tert-OH is 3. The second-order valence-corrected chi connectivity index (χ2v) is 24.8. The maximum Gasteiger partial charge on any atom is 0.0894 e. The highest BCUT2D eigenvalue weighted by atomic mass is 127. The number of aliphatic hydroxyl groups is 3. The van der Waals surface area contributed by atoms with E-state index in [0.29, 0.717) is 0 Å². The second-order valence-electron chi connectivity index (χ2n) is 22.3. The SMILES string of the molecule is CC12C=CC=CC1C1(/C(=C/C3C(O)C(O)C(/C=C4\Nc5c(cc6c7c(cccc57)-c5ccccc5-6)C45c4ccccc4-c4ccc(I)cc45)C3O)Nc3c1cc1c4c(cccc34)-c3ccccc3-1)c1cc(I)ccc12. The van der Waals surface area contributed by atoms with Crippen LogP contribution in [0.5, 0.6) is 0 Å². The first-order valence-corrected chi connectivity index (χ1v) is 28.3. The van der Waals surface area contributed by atoms with Crippen LogP contribution in [-0.4, -0.2) is 33.6 Å². The average Bonchev–Trinajstić information content (AvgIpc) is 4.45. The van der Waals surface area contributed by atoms with Gasteiger partial charge in [-0.15, -0.1) is 0 Å². The van der Waals surface area contributed by atoms with Gasteiger partial charge < -0.3 is 26.0 Å². The van der Waals surface area contributed by atoms with Crippen molar-refractivity contribution in [3.05, 3.63) is 246 Å². The first kappa shape index (κ1) is 43.6. The van der Waals surface area contributed by atoms with Gasteiger partial charge in [0.05, 0.1) is 40.5 Å². The molecule has 2 aliphatic heterocycles. The Kier molecular flexibility index (Phi) is 8.64. The molecule has 0 amide bonds. The van der Waals surface area contributed by atoms with Crippen LogP contribution in [0.2, 0.25) is 0 Å². The topological polar surface area (TPSA) is 84.8 Å². The predicted octanol–water partition coefficient (Wildman–Crippen LogP) is 14.8. The molecule has 5 N–H and O–H groups in total. The summed E-state index contributed by atoms with van der Waals surface area (Å²) in [7, 11) is 0. The molecule has 75 heavy (non-hydrogen) atoms. The molecule has 9 atom stereocenters. The summed E-state index contributed by atoms with van der Waals surface area (Å²) in [4.78, 5) is 0. The van der Waals surface area contributed by atoms with E-state index in [-0.39, 0.29) is 11.3 Å². The van der Waals surface area contributed by atoms with Crippen LogP contribution < -0.4 is 10.6 Å². The maximum atomic E-state index is 13.2. The maximum absolute atomic E-state index is 13.2. The van der Waals surface area contributed by atoms with E-state index in [9.17, 15) is 15.3 Å². The molecule has 17 rings (SSSR count). The number of hydrogen-bond donors (Lipinski definition) is 5. The quantitative estimate of drug-likeness (QED) is 0.111. The summed E-state index contributed by atoms with van der Waals surface area (Å²) in [5, 5.41) is 51.5. The Balaban J connectivity index is 0.876. The minimum atomic E-state index is -1.27. The number of anilines is 2. The number of benzene rings is 9. The fraction of sp³-hybridized carbons (Fsp3) is 0.147. The molecule has 7 heteroatoms. The molecule has 1 saturated carbocycles. The molecule has 360 valence electrons. The summed E-state index contributed by atoms with van der Waals surface area (Å²) in [6.45, 7) is 2.36. The molecule has 0 aromatic heterocycles. The highest BCUT2D eigenvalue weighted by molar-refractivity contribution is 14.1. The third kappa shape index (κ3) is 5.16. The normalized spacial score (nSPS) is 28.7. The summed E-state index contributed by atoms with van der Waals surface area (Å²) >= 11 is 4.89. The van der Waals surface area contributed by atoms with Crippen molar-refractivity contribution < 1.29 is 15.3 Å². The van der Waals surface area contributed by atoms with Gasteiger partial charge in [-0.1, -0.05) is 165 Å². The van der Waals surface area contributed by atoms with Crippen LogP contribution in [0.1, 0.15) is 40.3 Å².